The topological polar surface area (TPSA) is 83.1 Å². The van der Waals surface area contributed by atoms with Crippen molar-refractivity contribution in [1.29, 1.82) is 5.26 Å². The Balaban J connectivity index is 2.11. The molecule has 0 spiro atoms. The van der Waals surface area contributed by atoms with Crippen molar-refractivity contribution in [2.24, 2.45) is 0 Å². The Morgan fingerprint density at radius 2 is 2.05 bits per heavy atom. The summed E-state index contributed by atoms with van der Waals surface area (Å²) in [6, 6.07) is 10.5. The smallest absolute Gasteiger partial charge is 0.252 e. The molecule has 0 saturated heterocycles. The predicted octanol–water partition coefficient (Wildman–Crippen LogP) is 2.09. The van der Waals surface area contributed by atoms with Gasteiger partial charge >= 0.3 is 0 Å². The standard InChI is InChI=1S/C14H10N2O3/c15-8-12(13-2-1-7-19-13)16-14(18)11-5-3-10(9-17)4-6-11/h1-7,9,12H,(H,16,18). The molecule has 1 heterocycles. The Morgan fingerprint density at radius 3 is 2.58 bits per heavy atom. The van der Waals surface area contributed by atoms with E-state index in [1.165, 1.54) is 30.5 Å². The summed E-state index contributed by atoms with van der Waals surface area (Å²) in [5, 5.41) is 11.5. The quantitative estimate of drug-likeness (QED) is 0.847. The van der Waals surface area contributed by atoms with E-state index in [2.05, 4.69) is 5.32 Å². The van der Waals surface area contributed by atoms with Crippen molar-refractivity contribution in [3.05, 3.63) is 59.5 Å². The van der Waals surface area contributed by atoms with Gasteiger partial charge in [-0.25, -0.2) is 0 Å². The zero-order chi connectivity index (χ0) is 13.7. The van der Waals surface area contributed by atoms with Crippen LogP contribution in [0.3, 0.4) is 0 Å². The van der Waals surface area contributed by atoms with E-state index >= 15 is 0 Å². The molecule has 0 saturated carbocycles. The molecule has 2 aromatic rings. The van der Waals surface area contributed by atoms with Crippen molar-refractivity contribution in [3.63, 3.8) is 0 Å². The fraction of sp³-hybridized carbons (Fsp3) is 0.0714. The SMILES string of the molecule is N#CC(NC(=O)c1ccc(C=O)cc1)c1ccco1. The summed E-state index contributed by atoms with van der Waals surface area (Å²) in [6.45, 7) is 0. The van der Waals surface area contributed by atoms with Crippen molar-refractivity contribution < 1.29 is 14.0 Å². The highest BCUT2D eigenvalue weighted by molar-refractivity contribution is 5.95. The lowest BCUT2D eigenvalue weighted by Crippen LogP contribution is -2.27. The number of hydrogen-bond acceptors (Lipinski definition) is 4. The summed E-state index contributed by atoms with van der Waals surface area (Å²) in [5.41, 5.74) is 0.858. The van der Waals surface area contributed by atoms with E-state index in [0.29, 0.717) is 23.2 Å². The molecule has 0 bridgehead atoms. The maximum atomic E-state index is 11.9. The van der Waals surface area contributed by atoms with E-state index in [9.17, 15) is 9.59 Å². The zero-order valence-electron chi connectivity index (χ0n) is 9.87. The van der Waals surface area contributed by atoms with Gasteiger partial charge in [-0.1, -0.05) is 12.1 Å². The van der Waals surface area contributed by atoms with Gasteiger partial charge in [-0.05, 0) is 24.3 Å². The van der Waals surface area contributed by atoms with Crippen LogP contribution in [0.15, 0.2) is 47.1 Å². The lowest BCUT2D eigenvalue weighted by Gasteiger charge is -2.09. The van der Waals surface area contributed by atoms with Crippen molar-refractivity contribution in [3.8, 4) is 6.07 Å². The van der Waals surface area contributed by atoms with Crippen molar-refractivity contribution >= 4 is 12.2 Å². The largest absolute Gasteiger partial charge is 0.466 e. The summed E-state index contributed by atoms with van der Waals surface area (Å²) in [4.78, 5) is 22.4. The average Bonchev–Trinajstić information content (AvgIpc) is 2.98. The first-order valence-corrected chi connectivity index (χ1v) is 5.53. The van der Waals surface area contributed by atoms with E-state index in [0.717, 1.165) is 0 Å². The highest BCUT2D eigenvalue weighted by Crippen LogP contribution is 2.13. The van der Waals surface area contributed by atoms with Crippen LogP contribution in [-0.4, -0.2) is 12.2 Å². The molecule has 0 aliphatic carbocycles. The number of carbonyl (C=O) groups is 2. The van der Waals surface area contributed by atoms with Gasteiger partial charge in [0, 0.05) is 11.1 Å². The molecule has 1 aromatic carbocycles. The molecule has 5 nitrogen and oxygen atoms in total. The van der Waals surface area contributed by atoms with Crippen LogP contribution in [0.1, 0.15) is 32.5 Å². The third-order valence-electron chi connectivity index (χ3n) is 2.54. The third-order valence-corrected chi connectivity index (χ3v) is 2.54. The molecule has 1 unspecified atom stereocenters. The molecule has 0 aliphatic rings. The van der Waals surface area contributed by atoms with Crippen LogP contribution in [0, 0.1) is 11.3 Å². The number of nitrogens with one attached hydrogen (secondary N) is 1. The van der Waals surface area contributed by atoms with Crippen molar-refractivity contribution in [1.82, 2.24) is 5.32 Å². The molecule has 94 valence electrons. The number of nitriles is 1. The summed E-state index contributed by atoms with van der Waals surface area (Å²) in [5.74, 6) is -0.0271. The first-order valence-electron chi connectivity index (χ1n) is 5.53. The van der Waals surface area contributed by atoms with Crippen LogP contribution in [0.25, 0.3) is 0 Å². The third kappa shape index (κ3) is 2.87. The first kappa shape index (κ1) is 12.6. The van der Waals surface area contributed by atoms with Gasteiger partial charge in [0.1, 0.15) is 12.0 Å². The molecule has 0 radical (unpaired) electrons. The molecule has 0 aliphatic heterocycles. The minimum atomic E-state index is -0.840. The molecule has 1 N–H and O–H groups in total. The normalized spacial score (nSPS) is 11.3. The number of amides is 1. The second-order valence-electron chi connectivity index (χ2n) is 3.79. The molecule has 0 fully saturated rings. The molecule has 19 heavy (non-hydrogen) atoms. The van der Waals surface area contributed by atoms with Crippen LogP contribution in [-0.2, 0) is 0 Å². The number of hydrogen-bond donors (Lipinski definition) is 1. The minimum Gasteiger partial charge on any atom is -0.466 e. The molecule has 1 atom stereocenters. The van der Waals surface area contributed by atoms with Crippen LogP contribution in [0.4, 0.5) is 0 Å². The number of carbonyl (C=O) groups excluding carboxylic acids is 2. The van der Waals surface area contributed by atoms with Gasteiger partial charge < -0.3 is 9.73 Å². The monoisotopic (exact) mass is 254 g/mol. The van der Waals surface area contributed by atoms with Crippen molar-refractivity contribution in [2.45, 2.75) is 6.04 Å². The average molecular weight is 254 g/mol. The molecule has 2 rings (SSSR count). The van der Waals surface area contributed by atoms with Crippen LogP contribution in [0.2, 0.25) is 0 Å². The highest BCUT2D eigenvalue weighted by Gasteiger charge is 2.17. The number of furan rings is 1. The maximum Gasteiger partial charge on any atom is 0.252 e. The van der Waals surface area contributed by atoms with Crippen LogP contribution < -0.4 is 5.32 Å². The molecular formula is C14H10N2O3. The van der Waals surface area contributed by atoms with Crippen molar-refractivity contribution in [2.75, 3.05) is 0 Å². The molecular weight excluding hydrogens is 244 g/mol. The maximum absolute atomic E-state index is 11.9. The van der Waals surface area contributed by atoms with Gasteiger partial charge in [0.15, 0.2) is 6.04 Å². The van der Waals surface area contributed by atoms with Gasteiger partial charge in [-0.3, -0.25) is 9.59 Å². The number of benzene rings is 1. The Hall–Kier alpha value is -2.87. The highest BCUT2D eigenvalue weighted by atomic mass is 16.3. The fourth-order valence-electron chi connectivity index (χ4n) is 1.55. The van der Waals surface area contributed by atoms with Gasteiger partial charge in [0.25, 0.3) is 5.91 Å². The second kappa shape index (κ2) is 5.65. The van der Waals surface area contributed by atoms with E-state index in [1.807, 2.05) is 6.07 Å². The molecule has 1 amide bonds. The molecule has 1 aromatic heterocycles. The summed E-state index contributed by atoms with van der Waals surface area (Å²) in [7, 11) is 0. The number of aldehydes is 1. The van der Waals surface area contributed by atoms with Gasteiger partial charge in [0.2, 0.25) is 0 Å². The number of rotatable bonds is 4. The van der Waals surface area contributed by atoms with Crippen LogP contribution in [0.5, 0.6) is 0 Å². The second-order valence-corrected chi connectivity index (χ2v) is 3.79. The minimum absolute atomic E-state index is 0.373. The number of nitrogens with zero attached hydrogens (tertiary/aromatic N) is 1. The Labute approximate surface area is 109 Å². The van der Waals surface area contributed by atoms with E-state index in [-0.39, 0.29) is 0 Å². The van der Waals surface area contributed by atoms with E-state index < -0.39 is 11.9 Å². The van der Waals surface area contributed by atoms with E-state index in [4.69, 9.17) is 9.68 Å². The first-order chi connectivity index (χ1) is 9.24. The Bertz CT molecular complexity index is 609. The van der Waals surface area contributed by atoms with Gasteiger partial charge in [-0.2, -0.15) is 5.26 Å². The molecule has 5 heteroatoms. The lowest BCUT2D eigenvalue weighted by atomic mass is 10.1. The Morgan fingerprint density at radius 1 is 1.32 bits per heavy atom. The van der Waals surface area contributed by atoms with Gasteiger partial charge in [0.05, 0.1) is 12.3 Å². The van der Waals surface area contributed by atoms with E-state index in [1.54, 1.807) is 12.1 Å². The van der Waals surface area contributed by atoms with Crippen LogP contribution >= 0.6 is 0 Å². The Kier molecular flexibility index (Phi) is 3.74. The fourth-order valence-corrected chi connectivity index (χ4v) is 1.55. The summed E-state index contributed by atoms with van der Waals surface area (Å²) >= 11 is 0. The predicted molar refractivity (Wildman–Crippen MR) is 66.4 cm³/mol. The lowest BCUT2D eigenvalue weighted by molar-refractivity contribution is 0.0941. The van der Waals surface area contributed by atoms with Gasteiger partial charge in [-0.15, -0.1) is 0 Å². The summed E-state index contributed by atoms with van der Waals surface area (Å²) in [6.07, 6.45) is 2.13. The summed E-state index contributed by atoms with van der Waals surface area (Å²) < 4.78 is 5.08. The zero-order valence-corrected chi connectivity index (χ0v) is 9.87.